The van der Waals surface area contributed by atoms with E-state index in [1.54, 1.807) is 11.3 Å². The molecule has 0 saturated carbocycles. The Morgan fingerprint density at radius 3 is 1.36 bits per heavy atom. The summed E-state index contributed by atoms with van der Waals surface area (Å²) in [5, 5.41) is 0. The van der Waals surface area contributed by atoms with E-state index in [1.165, 1.54) is 44.5 Å². The van der Waals surface area contributed by atoms with Gasteiger partial charge < -0.3 is 14.4 Å². The Morgan fingerprint density at radius 2 is 0.780 bits per heavy atom. The van der Waals surface area contributed by atoms with Crippen LogP contribution in [0.1, 0.15) is 25.0 Å². The highest BCUT2D eigenvalue weighted by atomic mass is 32.1. The summed E-state index contributed by atoms with van der Waals surface area (Å²) >= 11 is 1.70. The second-order valence-corrected chi connectivity index (χ2v) is 16.7. The summed E-state index contributed by atoms with van der Waals surface area (Å²) in [5.74, 6) is 2.96. The van der Waals surface area contributed by atoms with Crippen LogP contribution in [0.2, 0.25) is 0 Å². The minimum absolute atomic E-state index is 0.122. The van der Waals surface area contributed by atoms with Crippen LogP contribution in [0.5, 0.6) is 23.0 Å². The fourth-order valence-corrected chi connectivity index (χ4v) is 9.89. The van der Waals surface area contributed by atoms with Crippen molar-refractivity contribution in [2.24, 2.45) is 0 Å². The average Bonchev–Trinajstić information content (AvgIpc) is 3.78. The summed E-state index contributed by atoms with van der Waals surface area (Å²) in [6.07, 6.45) is 0. The summed E-state index contributed by atoms with van der Waals surface area (Å²) in [4.78, 5) is 4.46. The van der Waals surface area contributed by atoms with E-state index >= 15 is 0 Å². The number of benzene rings is 8. The molecule has 0 unspecified atom stereocenters. The van der Waals surface area contributed by atoms with E-state index in [0.29, 0.717) is 0 Å². The number of ether oxygens (including phenoxy) is 2. The molecule has 0 saturated heterocycles. The highest BCUT2D eigenvalue weighted by molar-refractivity contribution is 7.19. The molecule has 0 N–H and O–H groups in total. The third-order valence-corrected chi connectivity index (χ3v) is 13.0. The molecule has 0 amide bonds. The van der Waals surface area contributed by atoms with Crippen molar-refractivity contribution in [3.8, 4) is 77.3 Å². The zero-order valence-electron chi connectivity index (χ0n) is 32.7. The lowest BCUT2D eigenvalue weighted by Gasteiger charge is -2.28. The van der Waals surface area contributed by atoms with Gasteiger partial charge in [-0.15, -0.1) is 11.3 Å². The van der Waals surface area contributed by atoms with Crippen molar-refractivity contribution in [2.45, 2.75) is 19.3 Å². The van der Waals surface area contributed by atoms with Gasteiger partial charge in [-0.05, 0) is 104 Å². The van der Waals surface area contributed by atoms with E-state index in [1.807, 2.05) is 30.3 Å². The van der Waals surface area contributed by atoms with Gasteiger partial charge in [0.25, 0.3) is 0 Å². The van der Waals surface area contributed by atoms with Gasteiger partial charge in [-0.1, -0.05) is 166 Å². The molecule has 1 aliphatic heterocycles. The van der Waals surface area contributed by atoms with Crippen LogP contribution < -0.4 is 14.4 Å². The molecular formula is C55H39NO2S. The summed E-state index contributed by atoms with van der Waals surface area (Å²) in [6.45, 7) is 4.68. The maximum absolute atomic E-state index is 6.62. The first-order valence-electron chi connectivity index (χ1n) is 20.1. The zero-order chi connectivity index (χ0) is 39.5. The number of anilines is 3. The van der Waals surface area contributed by atoms with Gasteiger partial charge in [-0.2, -0.15) is 0 Å². The smallest absolute Gasteiger partial charge is 0.189 e. The number of rotatable bonds is 7. The van der Waals surface area contributed by atoms with Crippen LogP contribution in [0.4, 0.5) is 17.1 Å². The predicted molar refractivity (Wildman–Crippen MR) is 245 cm³/mol. The van der Waals surface area contributed by atoms with Crippen LogP contribution in [-0.2, 0) is 5.41 Å². The molecule has 11 rings (SSSR count). The molecule has 3 nitrogen and oxygen atoms in total. The van der Waals surface area contributed by atoms with Crippen molar-refractivity contribution < 1.29 is 9.47 Å². The van der Waals surface area contributed by atoms with Crippen molar-refractivity contribution in [1.29, 1.82) is 0 Å². The lowest BCUT2D eigenvalue weighted by atomic mass is 9.82. The van der Waals surface area contributed by atoms with Crippen molar-refractivity contribution in [1.82, 2.24) is 0 Å². The van der Waals surface area contributed by atoms with Gasteiger partial charge >= 0.3 is 0 Å². The fraction of sp³-hybridized carbons (Fsp3) is 0.0545. The normalized spacial score (nSPS) is 13.0. The summed E-state index contributed by atoms with van der Waals surface area (Å²) in [6, 6.07) is 71.3. The Balaban J connectivity index is 0.990. The maximum atomic E-state index is 6.62. The van der Waals surface area contributed by atoms with Gasteiger partial charge in [-0.3, -0.25) is 0 Å². The molecule has 59 heavy (non-hydrogen) atoms. The molecule has 282 valence electrons. The van der Waals surface area contributed by atoms with E-state index in [4.69, 9.17) is 9.47 Å². The monoisotopic (exact) mass is 777 g/mol. The Morgan fingerprint density at radius 1 is 0.373 bits per heavy atom. The van der Waals surface area contributed by atoms with Crippen LogP contribution in [0, 0.1) is 0 Å². The van der Waals surface area contributed by atoms with E-state index in [9.17, 15) is 0 Å². The van der Waals surface area contributed by atoms with E-state index in [-0.39, 0.29) is 5.41 Å². The SMILES string of the molecule is CC1(C)c2ccccc2-c2ccc(N(c3ccc(-c4ccc(-c5ccccc5)cc4)cc3)c3ccc(-c4sc(-c5ccccc5)c5c4Oc4ccccc4O5)cc3)cc21. The lowest BCUT2D eigenvalue weighted by Crippen LogP contribution is -2.16. The average molecular weight is 778 g/mol. The summed E-state index contributed by atoms with van der Waals surface area (Å²) < 4.78 is 13.2. The van der Waals surface area contributed by atoms with Gasteiger partial charge in [0, 0.05) is 22.5 Å². The third-order valence-electron chi connectivity index (χ3n) is 11.8. The van der Waals surface area contributed by atoms with E-state index in [2.05, 4.69) is 189 Å². The molecule has 0 bridgehead atoms. The zero-order valence-corrected chi connectivity index (χ0v) is 33.5. The minimum Gasteiger partial charge on any atom is -0.448 e. The van der Waals surface area contributed by atoms with Crippen LogP contribution in [0.3, 0.4) is 0 Å². The Kier molecular flexibility index (Phi) is 8.35. The Labute approximate surface area is 349 Å². The Hall–Kier alpha value is -7.14. The molecule has 0 spiro atoms. The van der Waals surface area contributed by atoms with Gasteiger partial charge in [0.2, 0.25) is 0 Å². The lowest BCUT2D eigenvalue weighted by molar-refractivity contribution is 0.364. The number of thiophene rings is 1. The second-order valence-electron chi connectivity index (χ2n) is 15.7. The van der Waals surface area contributed by atoms with Gasteiger partial charge in [0.1, 0.15) is 0 Å². The highest BCUT2D eigenvalue weighted by Crippen LogP contribution is 2.59. The molecule has 2 heterocycles. The number of fused-ring (bicyclic) bond motifs is 5. The number of hydrogen-bond donors (Lipinski definition) is 0. The van der Waals surface area contributed by atoms with Crippen molar-refractivity contribution in [2.75, 3.05) is 4.90 Å². The first-order valence-corrected chi connectivity index (χ1v) is 20.9. The second kappa shape index (κ2) is 14.1. The summed E-state index contributed by atoms with van der Waals surface area (Å²) in [5.41, 5.74) is 15.4. The third kappa shape index (κ3) is 6.03. The van der Waals surface area contributed by atoms with Crippen LogP contribution in [-0.4, -0.2) is 0 Å². The largest absolute Gasteiger partial charge is 0.448 e. The highest BCUT2D eigenvalue weighted by Gasteiger charge is 2.36. The van der Waals surface area contributed by atoms with Crippen molar-refractivity contribution in [3.05, 3.63) is 211 Å². The molecular weight excluding hydrogens is 739 g/mol. The topological polar surface area (TPSA) is 21.7 Å². The van der Waals surface area contributed by atoms with E-state index < -0.39 is 0 Å². The van der Waals surface area contributed by atoms with E-state index in [0.717, 1.165) is 60.9 Å². The molecule has 1 aliphatic carbocycles. The number of para-hydroxylation sites is 2. The standard InChI is InChI=1S/C55H39NO2S/c1-55(2)47-18-10-9-17-45(47)46-34-33-44(35-48(46)55)56(42-29-25-39(26-30-42)38-23-21-37(22-24-38)36-13-5-3-6-14-36)43-31-27-41(28-32-43)54-52-51(53(59-54)40-15-7-4-8-16-40)57-49-19-11-12-20-50(49)58-52/h3-35H,1-2H3. The van der Waals surface area contributed by atoms with Crippen molar-refractivity contribution in [3.63, 3.8) is 0 Å². The first-order chi connectivity index (χ1) is 29.0. The molecule has 1 aromatic heterocycles. The first kappa shape index (κ1) is 35.1. The molecule has 0 fully saturated rings. The molecule has 0 radical (unpaired) electrons. The minimum atomic E-state index is -0.122. The molecule has 2 aliphatic rings. The molecule has 0 atom stereocenters. The molecule has 4 heteroatoms. The van der Waals surface area contributed by atoms with Crippen LogP contribution >= 0.6 is 11.3 Å². The number of nitrogens with zero attached hydrogens (tertiary/aromatic N) is 1. The van der Waals surface area contributed by atoms with Crippen LogP contribution in [0.15, 0.2) is 200 Å². The maximum Gasteiger partial charge on any atom is 0.189 e. The Bertz CT molecular complexity index is 2990. The van der Waals surface area contributed by atoms with Gasteiger partial charge in [0.05, 0.1) is 9.75 Å². The van der Waals surface area contributed by atoms with Crippen LogP contribution in [0.25, 0.3) is 54.3 Å². The quantitative estimate of drug-likeness (QED) is 0.161. The van der Waals surface area contributed by atoms with Gasteiger partial charge in [0.15, 0.2) is 23.0 Å². The predicted octanol–water partition coefficient (Wildman–Crippen LogP) is 16.1. The number of hydrogen-bond acceptors (Lipinski definition) is 4. The molecule has 8 aromatic carbocycles. The fourth-order valence-electron chi connectivity index (χ4n) is 8.72. The van der Waals surface area contributed by atoms with Crippen molar-refractivity contribution >= 4 is 28.4 Å². The summed E-state index contributed by atoms with van der Waals surface area (Å²) in [7, 11) is 0. The molecule has 9 aromatic rings. The van der Waals surface area contributed by atoms with Gasteiger partial charge in [-0.25, -0.2) is 0 Å².